The third-order valence-corrected chi connectivity index (χ3v) is 4.34. The summed E-state index contributed by atoms with van der Waals surface area (Å²) < 4.78 is 18.3. The lowest BCUT2D eigenvalue weighted by Crippen LogP contribution is -2.47. The average Bonchev–Trinajstić information content (AvgIpc) is 2.95. The van der Waals surface area contributed by atoms with E-state index in [0.717, 1.165) is 5.56 Å². The number of amides is 1. The number of β-amino-alcohol motifs (C(OH)–C–C–N with tert-alkyl or cyclic N) is 1. The van der Waals surface area contributed by atoms with Crippen molar-refractivity contribution in [2.45, 2.75) is 25.9 Å². The van der Waals surface area contributed by atoms with Crippen LogP contribution in [0.5, 0.6) is 0 Å². The number of oxazole rings is 1. The highest BCUT2D eigenvalue weighted by atomic mass is 19.1. The Labute approximate surface area is 133 Å². The highest BCUT2D eigenvalue weighted by Gasteiger charge is 2.32. The van der Waals surface area contributed by atoms with Crippen LogP contribution in [0.25, 0.3) is 0 Å². The van der Waals surface area contributed by atoms with Gasteiger partial charge in [-0.25, -0.2) is 9.37 Å². The molecule has 0 aliphatic carbocycles. The quantitative estimate of drug-likeness (QED) is 0.942. The number of carbonyl (C=O) groups excluding carboxylic acids is 1. The summed E-state index contributed by atoms with van der Waals surface area (Å²) in [4.78, 5) is 17.9. The molecule has 1 aromatic carbocycles. The first-order valence-electron chi connectivity index (χ1n) is 7.66. The molecule has 2 aromatic rings. The second-order valence-electron chi connectivity index (χ2n) is 5.96. The van der Waals surface area contributed by atoms with Gasteiger partial charge in [-0.05, 0) is 43.4 Å². The number of aliphatic hydroxyl groups is 1. The number of carbonyl (C=O) groups is 1. The van der Waals surface area contributed by atoms with Crippen molar-refractivity contribution >= 4 is 5.91 Å². The van der Waals surface area contributed by atoms with Crippen LogP contribution < -0.4 is 0 Å². The van der Waals surface area contributed by atoms with Gasteiger partial charge in [-0.1, -0.05) is 12.1 Å². The lowest BCUT2D eigenvalue weighted by molar-refractivity contribution is 0.0194. The van der Waals surface area contributed by atoms with E-state index < -0.39 is 6.10 Å². The summed E-state index contributed by atoms with van der Waals surface area (Å²) in [7, 11) is 0. The molecule has 2 atom stereocenters. The molecule has 1 aromatic heterocycles. The van der Waals surface area contributed by atoms with Gasteiger partial charge in [0.2, 0.25) is 0 Å². The smallest absolute Gasteiger partial charge is 0.276 e. The second kappa shape index (κ2) is 6.50. The second-order valence-corrected chi connectivity index (χ2v) is 5.96. The number of benzene rings is 1. The third kappa shape index (κ3) is 3.42. The van der Waals surface area contributed by atoms with Crippen molar-refractivity contribution in [2.75, 3.05) is 13.1 Å². The molecule has 0 unspecified atom stereocenters. The van der Waals surface area contributed by atoms with E-state index in [9.17, 15) is 14.3 Å². The first kappa shape index (κ1) is 15.7. The molecule has 1 aliphatic heterocycles. The zero-order valence-electron chi connectivity index (χ0n) is 12.9. The number of likely N-dealkylation sites (tertiary alicyclic amines) is 1. The molecule has 1 N–H and O–H groups in total. The number of aliphatic hydroxyl groups excluding tert-OH is 1. The predicted molar refractivity (Wildman–Crippen MR) is 81.4 cm³/mol. The Morgan fingerprint density at radius 2 is 2.35 bits per heavy atom. The topological polar surface area (TPSA) is 66.6 Å². The largest absolute Gasteiger partial charge is 0.448 e. The molecule has 0 saturated carbocycles. The van der Waals surface area contributed by atoms with E-state index in [4.69, 9.17) is 4.42 Å². The maximum Gasteiger partial charge on any atom is 0.276 e. The number of nitrogens with zero attached hydrogens (tertiary/aromatic N) is 2. The first-order valence-corrected chi connectivity index (χ1v) is 7.66. The fourth-order valence-corrected chi connectivity index (χ4v) is 3.03. The van der Waals surface area contributed by atoms with E-state index in [0.29, 0.717) is 30.8 Å². The number of halogens is 1. The van der Waals surface area contributed by atoms with E-state index in [1.807, 2.05) is 6.07 Å². The van der Waals surface area contributed by atoms with Gasteiger partial charge in [-0.2, -0.15) is 0 Å². The number of aryl methyl sites for hydroxylation is 1. The molecule has 122 valence electrons. The van der Waals surface area contributed by atoms with Crippen LogP contribution in [-0.2, 0) is 6.42 Å². The summed E-state index contributed by atoms with van der Waals surface area (Å²) in [5.74, 6) is -0.00348. The van der Waals surface area contributed by atoms with E-state index in [1.165, 1.54) is 18.5 Å². The van der Waals surface area contributed by atoms with E-state index in [-0.39, 0.29) is 24.2 Å². The lowest BCUT2D eigenvalue weighted by atomic mass is 9.87. The van der Waals surface area contributed by atoms with Gasteiger partial charge in [-0.3, -0.25) is 4.79 Å². The van der Waals surface area contributed by atoms with Crippen LogP contribution >= 0.6 is 0 Å². The minimum atomic E-state index is -0.636. The molecule has 5 nitrogen and oxygen atoms in total. The van der Waals surface area contributed by atoms with Gasteiger partial charge in [0.05, 0.1) is 6.10 Å². The van der Waals surface area contributed by atoms with Gasteiger partial charge in [-0.15, -0.1) is 0 Å². The van der Waals surface area contributed by atoms with Gasteiger partial charge in [0, 0.05) is 13.1 Å². The van der Waals surface area contributed by atoms with Crippen molar-refractivity contribution < 1.29 is 18.7 Å². The molecular formula is C17H19FN2O3. The Kier molecular flexibility index (Phi) is 4.43. The average molecular weight is 318 g/mol. The molecule has 2 heterocycles. The van der Waals surface area contributed by atoms with Gasteiger partial charge in [0.25, 0.3) is 5.91 Å². The maximum absolute atomic E-state index is 13.3. The summed E-state index contributed by atoms with van der Waals surface area (Å²) in [6, 6.07) is 6.42. The zero-order valence-corrected chi connectivity index (χ0v) is 12.9. The highest BCUT2D eigenvalue weighted by molar-refractivity contribution is 5.93. The normalized spacial score (nSPS) is 21.4. The molecule has 3 rings (SSSR count). The van der Waals surface area contributed by atoms with Crippen molar-refractivity contribution in [3.05, 3.63) is 53.5 Å². The SMILES string of the molecule is Cc1ocnc1C(=O)N1CC[C@H](Cc2cccc(F)c2)[C@@H](O)C1. The van der Waals surface area contributed by atoms with Crippen molar-refractivity contribution in [3.63, 3.8) is 0 Å². The number of aromatic nitrogens is 1. The number of rotatable bonds is 3. The summed E-state index contributed by atoms with van der Waals surface area (Å²) in [6.45, 7) is 2.49. The van der Waals surface area contributed by atoms with Gasteiger partial charge >= 0.3 is 0 Å². The van der Waals surface area contributed by atoms with E-state index in [1.54, 1.807) is 17.9 Å². The highest BCUT2D eigenvalue weighted by Crippen LogP contribution is 2.24. The number of piperidine rings is 1. The fraction of sp³-hybridized carbons (Fsp3) is 0.412. The van der Waals surface area contributed by atoms with E-state index in [2.05, 4.69) is 4.98 Å². The Balaban J connectivity index is 1.63. The molecule has 1 saturated heterocycles. The molecule has 1 fully saturated rings. The predicted octanol–water partition coefficient (Wildman–Crippen LogP) is 2.19. The molecule has 0 spiro atoms. The zero-order chi connectivity index (χ0) is 16.4. The minimum absolute atomic E-state index is 0.0132. The van der Waals surface area contributed by atoms with Crippen LogP contribution in [0.2, 0.25) is 0 Å². The Morgan fingerprint density at radius 1 is 1.52 bits per heavy atom. The van der Waals surface area contributed by atoms with E-state index >= 15 is 0 Å². The van der Waals surface area contributed by atoms with Gasteiger partial charge in [0.15, 0.2) is 12.1 Å². The first-order chi connectivity index (χ1) is 11.0. The molecule has 6 heteroatoms. The van der Waals surface area contributed by atoms with Crippen molar-refractivity contribution in [3.8, 4) is 0 Å². The van der Waals surface area contributed by atoms with Crippen molar-refractivity contribution in [2.24, 2.45) is 5.92 Å². The molecule has 0 radical (unpaired) electrons. The summed E-state index contributed by atoms with van der Waals surface area (Å²) in [5.41, 5.74) is 1.15. The molecule has 23 heavy (non-hydrogen) atoms. The summed E-state index contributed by atoms with van der Waals surface area (Å²) >= 11 is 0. The lowest BCUT2D eigenvalue weighted by Gasteiger charge is -2.35. The molecular weight excluding hydrogens is 299 g/mol. The number of hydrogen-bond acceptors (Lipinski definition) is 4. The molecule has 0 bridgehead atoms. The summed E-state index contributed by atoms with van der Waals surface area (Å²) in [5, 5.41) is 10.4. The van der Waals surface area contributed by atoms with Crippen LogP contribution in [0, 0.1) is 18.7 Å². The van der Waals surface area contributed by atoms with Crippen LogP contribution in [0.1, 0.15) is 28.2 Å². The monoisotopic (exact) mass is 318 g/mol. The van der Waals surface area contributed by atoms with Crippen LogP contribution in [0.4, 0.5) is 4.39 Å². The Hall–Kier alpha value is -2.21. The van der Waals surface area contributed by atoms with Crippen molar-refractivity contribution in [1.29, 1.82) is 0 Å². The molecule has 1 amide bonds. The fourth-order valence-electron chi connectivity index (χ4n) is 3.03. The Bertz CT molecular complexity index is 701. The van der Waals surface area contributed by atoms with Crippen LogP contribution in [0.3, 0.4) is 0 Å². The Morgan fingerprint density at radius 3 is 3.00 bits per heavy atom. The molecule has 1 aliphatic rings. The number of hydrogen-bond donors (Lipinski definition) is 1. The van der Waals surface area contributed by atoms with Crippen LogP contribution in [-0.4, -0.2) is 40.1 Å². The third-order valence-electron chi connectivity index (χ3n) is 4.34. The van der Waals surface area contributed by atoms with Crippen molar-refractivity contribution in [1.82, 2.24) is 9.88 Å². The summed E-state index contributed by atoms with van der Waals surface area (Å²) in [6.07, 6.45) is 1.88. The minimum Gasteiger partial charge on any atom is -0.448 e. The van der Waals surface area contributed by atoms with Gasteiger partial charge in [0.1, 0.15) is 11.6 Å². The van der Waals surface area contributed by atoms with Gasteiger partial charge < -0.3 is 14.4 Å². The maximum atomic E-state index is 13.3. The van der Waals surface area contributed by atoms with Crippen LogP contribution in [0.15, 0.2) is 35.1 Å². The standard InChI is InChI=1S/C17H19FN2O3/c1-11-16(19-10-23-11)17(22)20-6-5-13(15(21)9-20)7-12-3-2-4-14(18)8-12/h2-4,8,10,13,15,21H,5-7,9H2,1H3/t13-,15+/m1/s1.